The lowest BCUT2D eigenvalue weighted by Crippen LogP contribution is -2.57. The van der Waals surface area contributed by atoms with Gasteiger partial charge in [0.2, 0.25) is 0 Å². The molecule has 7 rings (SSSR count). The van der Waals surface area contributed by atoms with Gasteiger partial charge < -0.3 is 9.64 Å². The zero-order valence-electron chi connectivity index (χ0n) is 16.4. The Hall–Kier alpha value is -1.43. The molecule has 1 spiro atoms. The third kappa shape index (κ3) is 2.66. The lowest BCUT2D eigenvalue weighted by Gasteiger charge is -2.52. The highest BCUT2D eigenvalue weighted by Crippen LogP contribution is 2.58. The number of ether oxygens (including phenoxy) is 1. The molecule has 1 aliphatic carbocycles. The van der Waals surface area contributed by atoms with Crippen LogP contribution in [-0.2, 0) is 4.74 Å². The Labute approximate surface area is 170 Å². The summed E-state index contributed by atoms with van der Waals surface area (Å²) in [5.41, 5.74) is 1.67. The van der Waals surface area contributed by atoms with Gasteiger partial charge in [0.1, 0.15) is 0 Å². The minimum atomic E-state index is 0.374. The molecule has 4 aliphatic heterocycles. The number of carbonyl (C=O) groups is 1. The van der Waals surface area contributed by atoms with Crippen molar-refractivity contribution >= 4 is 32.9 Å². The molecule has 2 bridgehead atoms. The zero-order chi connectivity index (χ0) is 18.7. The number of rotatable bonds is 4. The van der Waals surface area contributed by atoms with Crippen LogP contribution in [-0.4, -0.2) is 55.6 Å². The van der Waals surface area contributed by atoms with Crippen LogP contribution in [0, 0.1) is 11.8 Å². The Balaban J connectivity index is 1.28. The fraction of sp³-hybridized carbons (Fsp3) is 0.609. The molecule has 2 aromatic rings. The molecule has 5 aliphatic rings. The van der Waals surface area contributed by atoms with E-state index in [1.54, 1.807) is 11.3 Å². The number of carbonyl (C=O) groups excluding carboxylic acids is 1. The van der Waals surface area contributed by atoms with Crippen LogP contribution in [0.25, 0.3) is 10.1 Å². The number of hydrogen-bond acceptors (Lipinski definition) is 5. The summed E-state index contributed by atoms with van der Waals surface area (Å²) in [7, 11) is 0. The van der Waals surface area contributed by atoms with E-state index in [9.17, 15) is 4.79 Å². The molecule has 0 amide bonds. The lowest BCUT2D eigenvalue weighted by molar-refractivity contribution is -0.0273. The van der Waals surface area contributed by atoms with Crippen LogP contribution in [0.2, 0.25) is 0 Å². The highest BCUT2D eigenvalue weighted by Gasteiger charge is 2.60. The molecule has 4 saturated heterocycles. The zero-order valence-corrected chi connectivity index (χ0v) is 17.2. The van der Waals surface area contributed by atoms with Crippen LogP contribution < -0.4 is 4.90 Å². The minimum absolute atomic E-state index is 0.374. The number of thiophene rings is 1. The summed E-state index contributed by atoms with van der Waals surface area (Å²) in [4.78, 5) is 19.4. The summed E-state index contributed by atoms with van der Waals surface area (Å²) in [6, 6.07) is 8.63. The molecule has 5 heterocycles. The summed E-state index contributed by atoms with van der Waals surface area (Å²) in [5.74, 6) is 1.74. The smallest absolute Gasteiger partial charge is 0.173 e. The number of piperidine rings is 3. The predicted molar refractivity (Wildman–Crippen MR) is 114 cm³/mol. The Morgan fingerprint density at radius 3 is 2.68 bits per heavy atom. The summed E-state index contributed by atoms with van der Waals surface area (Å²) in [5, 5.41) is 1.22. The van der Waals surface area contributed by atoms with Gasteiger partial charge in [-0.2, -0.15) is 0 Å². The van der Waals surface area contributed by atoms with E-state index in [2.05, 4.69) is 34.1 Å². The van der Waals surface area contributed by atoms with Crippen LogP contribution in [0.1, 0.15) is 41.8 Å². The monoisotopic (exact) mass is 396 g/mol. The van der Waals surface area contributed by atoms with Crippen LogP contribution in [0.5, 0.6) is 0 Å². The first-order valence-corrected chi connectivity index (χ1v) is 11.7. The topological polar surface area (TPSA) is 32.8 Å². The van der Waals surface area contributed by atoms with Crippen molar-refractivity contribution in [3.8, 4) is 0 Å². The lowest BCUT2D eigenvalue weighted by atomic mass is 9.70. The third-order valence-corrected chi connectivity index (χ3v) is 8.96. The molecule has 0 radical (unpaired) electrons. The van der Waals surface area contributed by atoms with E-state index < -0.39 is 0 Å². The normalized spacial score (nSPS) is 30.9. The number of hydrogen-bond donors (Lipinski definition) is 0. The summed E-state index contributed by atoms with van der Waals surface area (Å²) >= 11 is 1.71. The molecule has 5 heteroatoms. The van der Waals surface area contributed by atoms with Gasteiger partial charge in [0.25, 0.3) is 0 Å². The fourth-order valence-corrected chi connectivity index (χ4v) is 7.28. The van der Waals surface area contributed by atoms with E-state index in [4.69, 9.17) is 4.74 Å². The first-order chi connectivity index (χ1) is 13.7. The Bertz CT molecular complexity index is 904. The maximum Gasteiger partial charge on any atom is 0.173 e. The first kappa shape index (κ1) is 17.4. The van der Waals surface area contributed by atoms with Crippen molar-refractivity contribution in [1.82, 2.24) is 4.90 Å². The number of ketones is 1. The highest BCUT2D eigenvalue weighted by atomic mass is 32.1. The second-order valence-electron chi connectivity index (χ2n) is 9.07. The molecule has 1 saturated carbocycles. The standard InChI is InChI=1S/C23H28N2O2S/c26-20(15-18-16-4-8-25(9-5-16)23(18)6-7-23)21-14-17-2-1-3-19(22(17)28-21)24-10-12-27-13-11-24/h1-3,14,16,18H,4-13,15H2/t18-/m1/s1. The molecular formula is C23H28N2O2S. The van der Waals surface area contributed by atoms with E-state index in [1.807, 2.05) is 0 Å². The Morgan fingerprint density at radius 2 is 1.93 bits per heavy atom. The fourth-order valence-electron chi connectivity index (χ4n) is 6.13. The maximum absolute atomic E-state index is 13.3. The van der Waals surface area contributed by atoms with Crippen LogP contribution in [0.15, 0.2) is 24.3 Å². The number of anilines is 1. The van der Waals surface area contributed by atoms with Crippen molar-refractivity contribution in [2.45, 2.75) is 37.6 Å². The number of fused-ring (bicyclic) bond motifs is 3. The van der Waals surface area contributed by atoms with E-state index in [0.717, 1.165) is 43.5 Å². The van der Waals surface area contributed by atoms with E-state index in [1.165, 1.54) is 54.5 Å². The molecule has 0 unspecified atom stereocenters. The van der Waals surface area contributed by atoms with Gasteiger partial charge in [0, 0.05) is 25.0 Å². The molecule has 1 atom stereocenters. The van der Waals surface area contributed by atoms with Crippen molar-refractivity contribution in [1.29, 1.82) is 0 Å². The van der Waals surface area contributed by atoms with Gasteiger partial charge in [-0.1, -0.05) is 12.1 Å². The molecule has 28 heavy (non-hydrogen) atoms. The molecular weight excluding hydrogens is 368 g/mol. The summed E-state index contributed by atoms with van der Waals surface area (Å²) < 4.78 is 6.78. The van der Waals surface area contributed by atoms with Gasteiger partial charge in [-0.05, 0) is 68.1 Å². The van der Waals surface area contributed by atoms with Crippen molar-refractivity contribution in [3.05, 3.63) is 29.1 Å². The van der Waals surface area contributed by atoms with E-state index in [0.29, 0.717) is 17.2 Å². The molecule has 1 aromatic carbocycles. The summed E-state index contributed by atoms with van der Waals surface area (Å²) in [6.07, 6.45) is 5.98. The molecule has 1 aromatic heterocycles. The quantitative estimate of drug-likeness (QED) is 0.726. The van der Waals surface area contributed by atoms with Crippen molar-refractivity contribution in [2.75, 3.05) is 44.3 Å². The maximum atomic E-state index is 13.3. The molecule has 5 fully saturated rings. The second kappa shape index (κ2) is 6.54. The summed E-state index contributed by atoms with van der Waals surface area (Å²) in [6.45, 7) is 5.97. The van der Waals surface area contributed by atoms with E-state index >= 15 is 0 Å². The van der Waals surface area contributed by atoms with Gasteiger partial charge >= 0.3 is 0 Å². The number of benzene rings is 1. The van der Waals surface area contributed by atoms with Gasteiger partial charge in [0.15, 0.2) is 5.78 Å². The van der Waals surface area contributed by atoms with Gasteiger partial charge in [-0.25, -0.2) is 0 Å². The van der Waals surface area contributed by atoms with Gasteiger partial charge in [-0.15, -0.1) is 11.3 Å². The number of nitrogens with zero attached hydrogens (tertiary/aromatic N) is 2. The van der Waals surface area contributed by atoms with Crippen LogP contribution in [0.4, 0.5) is 5.69 Å². The third-order valence-electron chi connectivity index (χ3n) is 7.75. The van der Waals surface area contributed by atoms with Crippen molar-refractivity contribution < 1.29 is 9.53 Å². The predicted octanol–water partition coefficient (Wildman–Crippen LogP) is 4.19. The molecule has 148 valence electrons. The van der Waals surface area contributed by atoms with Crippen molar-refractivity contribution in [2.24, 2.45) is 11.8 Å². The van der Waals surface area contributed by atoms with Gasteiger partial charge in [-0.3, -0.25) is 9.69 Å². The minimum Gasteiger partial charge on any atom is -0.378 e. The second-order valence-corrected chi connectivity index (χ2v) is 10.1. The van der Waals surface area contributed by atoms with Crippen LogP contribution in [0.3, 0.4) is 0 Å². The first-order valence-electron chi connectivity index (χ1n) is 10.9. The van der Waals surface area contributed by atoms with Crippen LogP contribution >= 0.6 is 11.3 Å². The number of Topliss-reactive ketones (excluding diaryl/α,β-unsaturated/α-hetero) is 1. The van der Waals surface area contributed by atoms with E-state index in [-0.39, 0.29) is 0 Å². The number of morpholine rings is 1. The largest absolute Gasteiger partial charge is 0.378 e. The molecule has 0 N–H and O–H groups in total. The average Bonchev–Trinajstić information content (AvgIpc) is 3.39. The molecule has 4 nitrogen and oxygen atoms in total. The Kier molecular flexibility index (Phi) is 4.07. The van der Waals surface area contributed by atoms with Crippen molar-refractivity contribution in [3.63, 3.8) is 0 Å². The highest BCUT2D eigenvalue weighted by molar-refractivity contribution is 7.21. The average molecular weight is 397 g/mol. The van der Waals surface area contributed by atoms with Gasteiger partial charge in [0.05, 0.1) is 28.5 Å². The Morgan fingerprint density at radius 1 is 1.14 bits per heavy atom. The SMILES string of the molecule is O=C(C[C@@H]1C2CCN(CC2)C12CC2)c1cc2cccc(N3CCOCC3)c2s1.